The zero-order chi connectivity index (χ0) is 26.7. The predicted octanol–water partition coefficient (Wildman–Crippen LogP) is 4.64. The summed E-state index contributed by atoms with van der Waals surface area (Å²) < 4.78 is 61.6. The van der Waals surface area contributed by atoms with Crippen molar-refractivity contribution < 1.29 is 27.1 Å². The van der Waals surface area contributed by atoms with Crippen LogP contribution in [0.15, 0.2) is 29.5 Å². The predicted molar refractivity (Wildman–Crippen MR) is 128 cm³/mol. The summed E-state index contributed by atoms with van der Waals surface area (Å²) in [6.07, 6.45) is -2.80. The molecule has 2 atom stereocenters. The number of benzene rings is 1. The molecule has 0 unspecified atom stereocenters. The molecule has 0 saturated carbocycles. The maximum absolute atomic E-state index is 15.2. The van der Waals surface area contributed by atoms with E-state index in [2.05, 4.69) is 25.8 Å². The van der Waals surface area contributed by atoms with E-state index in [1.54, 1.807) is 0 Å². The summed E-state index contributed by atoms with van der Waals surface area (Å²) >= 11 is 0. The number of aromatic nitrogens is 3. The number of methoxy groups -OCH3 is 1. The second-order valence-corrected chi connectivity index (χ2v) is 8.56. The zero-order valence-corrected chi connectivity index (χ0v) is 20.1. The van der Waals surface area contributed by atoms with Crippen molar-refractivity contribution in [3.63, 3.8) is 0 Å². The van der Waals surface area contributed by atoms with Crippen molar-refractivity contribution in [1.82, 2.24) is 19.5 Å². The monoisotopic (exact) mass is 522 g/mol. The number of alkyl halides is 3. The van der Waals surface area contributed by atoms with Crippen LogP contribution < -0.4 is 15.4 Å². The first kappa shape index (κ1) is 26.1. The van der Waals surface area contributed by atoms with Gasteiger partial charge in [-0.3, -0.25) is 4.79 Å². The summed E-state index contributed by atoms with van der Waals surface area (Å²) in [5.41, 5.74) is 8.46. The van der Waals surface area contributed by atoms with Crippen LogP contribution in [0, 0.1) is 11.3 Å². The van der Waals surface area contributed by atoms with Crippen molar-refractivity contribution in [2.75, 3.05) is 37.4 Å². The zero-order valence-electron chi connectivity index (χ0n) is 20.1. The van der Waals surface area contributed by atoms with E-state index < -0.39 is 30.9 Å². The molecule has 3 aromatic rings. The van der Waals surface area contributed by atoms with E-state index in [9.17, 15) is 18.0 Å². The molecular formula is C23H26F4N8O2. The van der Waals surface area contributed by atoms with Crippen LogP contribution in [0.25, 0.3) is 16.6 Å². The number of ether oxygens (including phenoxy) is 1. The van der Waals surface area contributed by atoms with E-state index in [4.69, 9.17) is 10.3 Å². The molecule has 3 heterocycles. The molecule has 1 aliphatic heterocycles. The third-order valence-corrected chi connectivity index (χ3v) is 6.13. The SMILES string of the molecule is COc1nc(N[C@H]2CCN(C(C)=O)C[C@H]2F)nn2cc(F)c(-c3ccc(N=N)c(NCCC(F)F)c3)c12. The smallest absolute Gasteiger partial charge is 0.244 e. The van der Waals surface area contributed by atoms with E-state index in [1.807, 2.05) is 0 Å². The van der Waals surface area contributed by atoms with Crippen LogP contribution in [0.2, 0.25) is 0 Å². The Kier molecular flexibility index (Phi) is 7.74. The van der Waals surface area contributed by atoms with Gasteiger partial charge < -0.3 is 20.3 Å². The molecule has 198 valence electrons. The highest BCUT2D eigenvalue weighted by atomic mass is 19.3. The van der Waals surface area contributed by atoms with E-state index in [0.717, 1.165) is 6.20 Å². The molecule has 0 spiro atoms. The fourth-order valence-electron chi connectivity index (χ4n) is 4.27. The Morgan fingerprint density at radius 1 is 1.38 bits per heavy atom. The fraction of sp³-hybridized carbons (Fsp3) is 0.435. The van der Waals surface area contributed by atoms with Gasteiger partial charge in [0.15, 0.2) is 5.82 Å². The molecule has 1 aliphatic rings. The van der Waals surface area contributed by atoms with Gasteiger partial charge in [0.1, 0.15) is 17.4 Å². The van der Waals surface area contributed by atoms with Gasteiger partial charge in [-0.1, -0.05) is 6.07 Å². The number of fused-ring (bicyclic) bond motifs is 1. The number of carbonyl (C=O) groups is 1. The number of hydrogen-bond acceptors (Lipinski definition) is 8. The molecule has 0 bridgehead atoms. The number of nitrogens with one attached hydrogen (secondary N) is 3. The van der Waals surface area contributed by atoms with E-state index in [0.29, 0.717) is 18.5 Å². The summed E-state index contributed by atoms with van der Waals surface area (Å²) in [5, 5.41) is 13.4. The molecule has 4 rings (SSSR count). The third kappa shape index (κ3) is 5.57. The van der Waals surface area contributed by atoms with Crippen molar-refractivity contribution in [2.24, 2.45) is 5.11 Å². The third-order valence-electron chi connectivity index (χ3n) is 6.13. The summed E-state index contributed by atoms with van der Waals surface area (Å²) in [6.45, 7) is 1.65. The number of likely N-dealkylation sites (tertiary alicyclic amines) is 1. The Hall–Kier alpha value is -3.97. The van der Waals surface area contributed by atoms with Crippen LogP contribution in [0.1, 0.15) is 19.8 Å². The second-order valence-electron chi connectivity index (χ2n) is 8.56. The number of rotatable bonds is 9. The van der Waals surface area contributed by atoms with E-state index in [-0.39, 0.29) is 53.3 Å². The molecule has 0 radical (unpaired) electrons. The molecule has 14 heteroatoms. The topological polar surface area (TPSA) is 120 Å². The van der Waals surface area contributed by atoms with Crippen LogP contribution in [0.3, 0.4) is 0 Å². The van der Waals surface area contributed by atoms with Gasteiger partial charge in [-0.25, -0.2) is 27.6 Å². The summed E-state index contributed by atoms with van der Waals surface area (Å²) in [6, 6.07) is 3.85. The number of carbonyl (C=O) groups excluding carboxylic acids is 1. The molecule has 37 heavy (non-hydrogen) atoms. The normalized spacial score (nSPS) is 17.8. The standard InChI is InChI=1S/C23H26F4N8O2/c1-12(36)34-8-6-16(14(24)10-34)30-23-31-22(37-2)21-20(15(25)11-35(21)33-23)13-3-4-17(32-28)18(9-13)29-7-5-19(26)27/h3-4,9,11,14,16,19,28-29H,5-8,10H2,1-2H3,(H,30,33)/t14-,16+/m1/s1. The van der Waals surface area contributed by atoms with Gasteiger partial charge >= 0.3 is 0 Å². The highest BCUT2D eigenvalue weighted by Gasteiger charge is 2.31. The second kappa shape index (κ2) is 11.0. The van der Waals surface area contributed by atoms with Crippen molar-refractivity contribution in [3.05, 3.63) is 30.2 Å². The van der Waals surface area contributed by atoms with Crippen LogP contribution in [-0.2, 0) is 4.79 Å². The lowest BCUT2D eigenvalue weighted by Crippen LogP contribution is -2.49. The first-order chi connectivity index (χ1) is 17.7. The summed E-state index contributed by atoms with van der Waals surface area (Å²) in [5.74, 6) is -0.813. The number of piperidine rings is 1. The molecule has 1 amide bonds. The highest BCUT2D eigenvalue weighted by Crippen LogP contribution is 2.38. The van der Waals surface area contributed by atoms with Crippen molar-refractivity contribution in [3.8, 4) is 17.0 Å². The number of nitrogens with zero attached hydrogens (tertiary/aromatic N) is 5. The van der Waals surface area contributed by atoms with Crippen molar-refractivity contribution in [2.45, 2.75) is 38.4 Å². The maximum Gasteiger partial charge on any atom is 0.244 e. The van der Waals surface area contributed by atoms with Crippen molar-refractivity contribution >= 4 is 28.7 Å². The Morgan fingerprint density at radius 2 is 2.16 bits per heavy atom. The van der Waals surface area contributed by atoms with Gasteiger partial charge in [-0.05, 0) is 24.1 Å². The lowest BCUT2D eigenvalue weighted by molar-refractivity contribution is -0.131. The van der Waals surface area contributed by atoms with Gasteiger partial charge in [0, 0.05) is 26.4 Å². The first-order valence-corrected chi connectivity index (χ1v) is 11.5. The van der Waals surface area contributed by atoms with Gasteiger partial charge in [-0.2, -0.15) is 10.1 Å². The molecule has 0 aliphatic carbocycles. The van der Waals surface area contributed by atoms with Gasteiger partial charge in [0.2, 0.25) is 24.2 Å². The number of amides is 1. The number of hydrogen-bond donors (Lipinski definition) is 3. The Labute approximate surface area is 209 Å². The molecule has 1 fully saturated rings. The minimum atomic E-state index is -2.50. The highest BCUT2D eigenvalue weighted by molar-refractivity contribution is 5.88. The summed E-state index contributed by atoms with van der Waals surface area (Å²) in [7, 11) is 1.35. The quantitative estimate of drug-likeness (QED) is 0.278. The van der Waals surface area contributed by atoms with Crippen LogP contribution >= 0.6 is 0 Å². The van der Waals surface area contributed by atoms with Gasteiger partial charge in [0.25, 0.3) is 0 Å². The largest absolute Gasteiger partial charge is 0.479 e. The lowest BCUT2D eigenvalue weighted by atomic mass is 10.0. The van der Waals surface area contributed by atoms with E-state index >= 15 is 4.39 Å². The fourth-order valence-corrected chi connectivity index (χ4v) is 4.27. The van der Waals surface area contributed by atoms with Crippen LogP contribution in [-0.4, -0.2) is 70.8 Å². The lowest BCUT2D eigenvalue weighted by Gasteiger charge is -2.34. The first-order valence-electron chi connectivity index (χ1n) is 11.5. The molecule has 3 N–H and O–H groups in total. The summed E-state index contributed by atoms with van der Waals surface area (Å²) in [4.78, 5) is 17.3. The average Bonchev–Trinajstić information content (AvgIpc) is 3.19. The van der Waals surface area contributed by atoms with E-state index in [1.165, 1.54) is 41.6 Å². The van der Waals surface area contributed by atoms with Gasteiger partial charge in [0.05, 0.1) is 37.1 Å². The minimum absolute atomic E-state index is 0.0209. The maximum atomic E-state index is 15.2. The minimum Gasteiger partial charge on any atom is -0.479 e. The average molecular weight is 523 g/mol. The number of anilines is 2. The van der Waals surface area contributed by atoms with Crippen LogP contribution in [0.5, 0.6) is 5.88 Å². The molecule has 1 saturated heterocycles. The number of halogens is 4. The molecule has 1 aromatic carbocycles. The van der Waals surface area contributed by atoms with Crippen LogP contribution in [0.4, 0.5) is 34.9 Å². The molecule has 10 nitrogen and oxygen atoms in total. The Bertz CT molecular complexity index is 1300. The Morgan fingerprint density at radius 3 is 2.81 bits per heavy atom. The Balaban J connectivity index is 1.66. The van der Waals surface area contributed by atoms with Crippen molar-refractivity contribution in [1.29, 1.82) is 5.53 Å². The van der Waals surface area contributed by atoms with Gasteiger partial charge in [-0.15, -0.1) is 5.10 Å². The molecular weight excluding hydrogens is 496 g/mol. The molecule has 2 aromatic heterocycles.